The maximum Gasteiger partial charge on any atom is 0.342 e. The first-order valence-corrected chi connectivity index (χ1v) is 12.8. The Labute approximate surface area is 190 Å². The largest absolute Gasteiger partial charge is 0.462 e. The fraction of sp³-hybridized carbons (Fsp3) is 0.364. The Hall–Kier alpha value is -2.39. The summed E-state index contributed by atoms with van der Waals surface area (Å²) in [5, 5.41) is 4.68. The van der Waals surface area contributed by atoms with Gasteiger partial charge in [-0.3, -0.25) is 4.31 Å². The zero-order valence-electron chi connectivity index (χ0n) is 17.6. The van der Waals surface area contributed by atoms with Crippen LogP contribution in [0, 0.1) is 0 Å². The number of aromatic nitrogens is 2. The molecule has 7 nitrogen and oxygen atoms in total. The Bertz CT molecular complexity index is 1250. The van der Waals surface area contributed by atoms with Crippen molar-refractivity contribution in [2.45, 2.75) is 32.6 Å². The number of hydrogen-bond acceptors (Lipinski definition) is 5. The zero-order valence-corrected chi connectivity index (χ0v) is 20.0. The molecule has 0 bridgehead atoms. The normalized spacial score (nSPS) is 16.8. The van der Waals surface area contributed by atoms with Gasteiger partial charge in [0.15, 0.2) is 0 Å². The van der Waals surface area contributed by atoms with E-state index in [1.54, 1.807) is 17.6 Å². The highest BCUT2D eigenvalue weighted by atomic mass is 79.9. The Morgan fingerprint density at radius 1 is 1.29 bits per heavy atom. The molecule has 3 aromatic rings. The molecule has 4 rings (SSSR count). The number of esters is 1. The highest BCUT2D eigenvalue weighted by molar-refractivity contribution is 9.10. The van der Waals surface area contributed by atoms with E-state index in [2.05, 4.69) is 28.0 Å². The van der Waals surface area contributed by atoms with Crippen molar-refractivity contribution < 1.29 is 17.9 Å². The van der Waals surface area contributed by atoms with Crippen molar-refractivity contribution >= 4 is 43.1 Å². The Balaban J connectivity index is 2.01. The molecule has 0 saturated heterocycles. The van der Waals surface area contributed by atoms with E-state index in [-0.39, 0.29) is 12.5 Å². The molecule has 0 aliphatic carbocycles. The molecule has 1 atom stereocenters. The third kappa shape index (κ3) is 4.08. The molecule has 1 aliphatic rings. The quantitative estimate of drug-likeness (QED) is 0.483. The summed E-state index contributed by atoms with van der Waals surface area (Å²) in [5.41, 5.74) is 3.78. The van der Waals surface area contributed by atoms with E-state index in [1.165, 1.54) is 10.6 Å². The van der Waals surface area contributed by atoms with Gasteiger partial charge in [-0.05, 0) is 49.4 Å². The third-order valence-electron chi connectivity index (χ3n) is 5.58. The number of pyridine rings is 1. The highest BCUT2D eigenvalue weighted by Gasteiger charge is 2.29. The highest BCUT2D eigenvalue weighted by Crippen LogP contribution is 2.38. The lowest BCUT2D eigenvalue weighted by atomic mass is 9.96. The second-order valence-corrected chi connectivity index (χ2v) is 10.6. The lowest BCUT2D eigenvalue weighted by Gasteiger charge is -2.23. The number of carbonyl (C=O) groups is 1. The summed E-state index contributed by atoms with van der Waals surface area (Å²) in [6.07, 6.45) is 4.56. The first-order chi connectivity index (χ1) is 14.7. The van der Waals surface area contributed by atoms with Crippen LogP contribution in [0.3, 0.4) is 0 Å². The van der Waals surface area contributed by atoms with Gasteiger partial charge in [-0.25, -0.2) is 17.7 Å². The molecule has 164 valence electrons. The van der Waals surface area contributed by atoms with Gasteiger partial charge in [0, 0.05) is 16.6 Å². The number of ether oxygens (including phenoxy) is 1. The van der Waals surface area contributed by atoms with Gasteiger partial charge in [-0.2, -0.15) is 5.10 Å². The summed E-state index contributed by atoms with van der Waals surface area (Å²) in [5.74, 6) is -0.301. The number of nitrogens with zero attached hydrogens (tertiary/aromatic N) is 3. The minimum atomic E-state index is -3.44. The van der Waals surface area contributed by atoms with Gasteiger partial charge >= 0.3 is 5.97 Å². The molecule has 2 aromatic heterocycles. The van der Waals surface area contributed by atoms with Gasteiger partial charge in [0.05, 0.1) is 30.3 Å². The SMILES string of the molecule is CCOC(=O)c1c(-c2ccc(Br)cc2)nn2cc3c(cc12)C(C)CCCN3S(C)(=O)=O. The van der Waals surface area contributed by atoms with E-state index in [0.29, 0.717) is 29.0 Å². The minimum absolute atomic E-state index is 0.146. The fourth-order valence-corrected chi connectivity index (χ4v) is 5.31. The van der Waals surface area contributed by atoms with Crippen molar-refractivity contribution in [1.29, 1.82) is 0 Å². The molecular formula is C22H24BrN3O4S. The number of carbonyl (C=O) groups excluding carboxylic acids is 1. The minimum Gasteiger partial charge on any atom is -0.462 e. The molecule has 1 aromatic carbocycles. The van der Waals surface area contributed by atoms with Gasteiger partial charge in [-0.15, -0.1) is 0 Å². The van der Waals surface area contributed by atoms with E-state index in [4.69, 9.17) is 4.74 Å². The number of halogens is 1. The average Bonchev–Trinajstić information content (AvgIpc) is 2.99. The standard InChI is InChI=1S/C22H24BrN3O4S/c1-4-30-22(27)20-18-12-17-14(2)6-5-11-26(31(3,28)29)19(17)13-25(18)24-21(20)15-7-9-16(23)10-8-15/h7-10,12-14H,4-6,11H2,1-3H3. The lowest BCUT2D eigenvalue weighted by Crippen LogP contribution is -2.30. The van der Waals surface area contributed by atoms with Crippen LogP contribution in [0.5, 0.6) is 0 Å². The fourth-order valence-electron chi connectivity index (χ4n) is 4.07. The molecule has 0 saturated carbocycles. The van der Waals surface area contributed by atoms with Crippen LogP contribution in [0.25, 0.3) is 16.8 Å². The third-order valence-corrected chi connectivity index (χ3v) is 7.28. The molecule has 0 spiro atoms. The summed E-state index contributed by atoms with van der Waals surface area (Å²) >= 11 is 3.43. The van der Waals surface area contributed by atoms with Crippen molar-refractivity contribution in [3.05, 3.63) is 52.1 Å². The number of hydrogen-bond donors (Lipinski definition) is 0. The van der Waals surface area contributed by atoms with Crippen LogP contribution >= 0.6 is 15.9 Å². The van der Waals surface area contributed by atoms with Crippen LogP contribution in [0.4, 0.5) is 5.69 Å². The molecule has 0 N–H and O–H groups in total. The molecule has 1 unspecified atom stereocenters. The molecule has 3 heterocycles. The number of fused-ring (bicyclic) bond motifs is 2. The molecule has 9 heteroatoms. The van der Waals surface area contributed by atoms with Crippen LogP contribution in [-0.2, 0) is 14.8 Å². The predicted molar refractivity (Wildman–Crippen MR) is 124 cm³/mol. The van der Waals surface area contributed by atoms with Crippen LogP contribution < -0.4 is 4.31 Å². The molecule has 31 heavy (non-hydrogen) atoms. The van der Waals surface area contributed by atoms with E-state index < -0.39 is 16.0 Å². The maximum atomic E-state index is 12.9. The van der Waals surface area contributed by atoms with Crippen LogP contribution in [0.1, 0.15) is 48.5 Å². The predicted octanol–water partition coefficient (Wildman–Crippen LogP) is 4.60. The molecular weight excluding hydrogens is 482 g/mol. The van der Waals surface area contributed by atoms with E-state index in [9.17, 15) is 13.2 Å². The number of anilines is 1. The van der Waals surface area contributed by atoms with Crippen LogP contribution in [0.2, 0.25) is 0 Å². The molecule has 0 amide bonds. The van der Waals surface area contributed by atoms with E-state index >= 15 is 0 Å². The number of sulfonamides is 1. The van der Waals surface area contributed by atoms with Gasteiger partial charge in [0.1, 0.15) is 11.3 Å². The average molecular weight is 506 g/mol. The lowest BCUT2D eigenvalue weighted by molar-refractivity contribution is 0.0529. The van der Waals surface area contributed by atoms with Crippen molar-refractivity contribution in [2.75, 3.05) is 23.7 Å². The topological polar surface area (TPSA) is 81.0 Å². The monoisotopic (exact) mass is 505 g/mol. The molecule has 0 radical (unpaired) electrons. The van der Waals surface area contributed by atoms with Gasteiger partial charge in [0.2, 0.25) is 10.0 Å². The summed E-state index contributed by atoms with van der Waals surface area (Å²) in [7, 11) is -3.44. The first-order valence-electron chi connectivity index (χ1n) is 10.2. The number of benzene rings is 1. The Morgan fingerprint density at radius 3 is 2.65 bits per heavy atom. The van der Waals surface area contributed by atoms with E-state index in [0.717, 1.165) is 28.4 Å². The van der Waals surface area contributed by atoms with Crippen molar-refractivity contribution in [1.82, 2.24) is 9.61 Å². The van der Waals surface area contributed by atoms with Gasteiger partial charge in [-0.1, -0.05) is 35.0 Å². The van der Waals surface area contributed by atoms with E-state index in [1.807, 2.05) is 30.3 Å². The van der Waals surface area contributed by atoms with Gasteiger partial charge in [0.25, 0.3) is 0 Å². The molecule has 1 aliphatic heterocycles. The first kappa shape index (κ1) is 21.8. The zero-order chi connectivity index (χ0) is 22.3. The summed E-state index contributed by atoms with van der Waals surface area (Å²) in [6.45, 7) is 4.52. The molecule has 0 fully saturated rings. The Kier molecular flexibility index (Phi) is 5.83. The second kappa shape index (κ2) is 8.27. The van der Waals surface area contributed by atoms with Gasteiger partial charge < -0.3 is 4.74 Å². The van der Waals surface area contributed by atoms with Crippen molar-refractivity contribution in [3.63, 3.8) is 0 Å². The Morgan fingerprint density at radius 2 is 2.00 bits per heavy atom. The van der Waals surface area contributed by atoms with Crippen molar-refractivity contribution in [2.24, 2.45) is 0 Å². The summed E-state index contributed by atoms with van der Waals surface area (Å²) in [6, 6.07) is 9.43. The number of rotatable bonds is 4. The van der Waals surface area contributed by atoms with Crippen molar-refractivity contribution in [3.8, 4) is 11.3 Å². The summed E-state index contributed by atoms with van der Waals surface area (Å²) < 4.78 is 34.3. The summed E-state index contributed by atoms with van der Waals surface area (Å²) in [4.78, 5) is 12.9. The van der Waals surface area contributed by atoms with Crippen LogP contribution in [-0.4, -0.2) is 43.4 Å². The van der Waals surface area contributed by atoms with Crippen LogP contribution in [0.15, 0.2) is 41.0 Å². The smallest absolute Gasteiger partial charge is 0.342 e. The second-order valence-electron chi connectivity index (χ2n) is 7.77. The maximum absolute atomic E-state index is 12.9.